The third-order valence-corrected chi connectivity index (χ3v) is 11.4. The second-order valence-corrected chi connectivity index (χ2v) is 14.3. The molecule has 2 aromatic heterocycles. The Morgan fingerprint density at radius 1 is 0.436 bits per heavy atom. The Morgan fingerprint density at radius 2 is 1.05 bits per heavy atom. The summed E-state index contributed by atoms with van der Waals surface area (Å²) in [7, 11) is 0. The van der Waals surface area contributed by atoms with Gasteiger partial charge in [-0.25, -0.2) is 0 Å². The maximum absolute atomic E-state index is 6.91. The van der Waals surface area contributed by atoms with Gasteiger partial charge in [0.15, 0.2) is 5.58 Å². The molecule has 2 heterocycles. The molecule has 0 fully saturated rings. The van der Waals surface area contributed by atoms with E-state index in [-0.39, 0.29) is 0 Å². The van der Waals surface area contributed by atoms with Crippen molar-refractivity contribution in [2.45, 2.75) is 5.41 Å². The van der Waals surface area contributed by atoms with Gasteiger partial charge in [-0.3, -0.25) is 4.98 Å². The van der Waals surface area contributed by atoms with Gasteiger partial charge in [0.2, 0.25) is 0 Å². The lowest BCUT2D eigenvalue weighted by atomic mass is 9.68. The van der Waals surface area contributed by atoms with E-state index in [1.54, 1.807) is 0 Å². The van der Waals surface area contributed by atoms with Gasteiger partial charge in [0.05, 0.1) is 11.1 Å². The molecule has 55 heavy (non-hydrogen) atoms. The molecule has 0 atom stereocenters. The number of nitrogens with zero attached hydrogens (tertiary/aromatic N) is 2. The molecule has 3 heteroatoms. The molecule has 0 spiro atoms. The minimum Gasteiger partial charge on any atom is -0.451 e. The summed E-state index contributed by atoms with van der Waals surface area (Å²) < 4.78 is 6.91. The van der Waals surface area contributed by atoms with Crippen molar-refractivity contribution < 1.29 is 4.42 Å². The molecule has 0 aliphatic heterocycles. The molecule has 258 valence electrons. The quantitative estimate of drug-likeness (QED) is 0.173. The van der Waals surface area contributed by atoms with Gasteiger partial charge in [0.1, 0.15) is 11.1 Å². The zero-order valence-electron chi connectivity index (χ0n) is 29.9. The van der Waals surface area contributed by atoms with Crippen LogP contribution in [0.4, 0.5) is 17.1 Å². The van der Waals surface area contributed by atoms with Gasteiger partial charge >= 0.3 is 0 Å². The highest BCUT2D eigenvalue weighted by Gasteiger charge is 2.46. The average molecular weight is 703 g/mol. The number of hydrogen-bond acceptors (Lipinski definition) is 3. The first-order chi connectivity index (χ1) is 27.3. The molecule has 3 nitrogen and oxygen atoms in total. The minimum atomic E-state index is -0.473. The van der Waals surface area contributed by atoms with Crippen LogP contribution in [0, 0.1) is 0 Å². The smallest absolute Gasteiger partial charge is 0.177 e. The summed E-state index contributed by atoms with van der Waals surface area (Å²) in [6.45, 7) is 0. The van der Waals surface area contributed by atoms with Crippen LogP contribution in [-0.2, 0) is 5.41 Å². The molecule has 10 aromatic rings. The lowest BCUT2D eigenvalue weighted by Crippen LogP contribution is -2.28. The van der Waals surface area contributed by atoms with Crippen LogP contribution in [0.5, 0.6) is 0 Å². The van der Waals surface area contributed by atoms with E-state index in [1.165, 1.54) is 38.9 Å². The van der Waals surface area contributed by atoms with Gasteiger partial charge < -0.3 is 9.32 Å². The summed E-state index contributed by atoms with van der Waals surface area (Å²) in [4.78, 5) is 7.24. The van der Waals surface area contributed by atoms with Crippen LogP contribution >= 0.6 is 0 Å². The third kappa shape index (κ3) is 4.73. The topological polar surface area (TPSA) is 29.3 Å². The zero-order valence-corrected chi connectivity index (χ0v) is 29.9. The summed E-state index contributed by atoms with van der Waals surface area (Å²) in [5.41, 5.74) is 14.8. The fourth-order valence-electron chi connectivity index (χ4n) is 8.99. The van der Waals surface area contributed by atoms with Crippen LogP contribution in [0.2, 0.25) is 0 Å². The fraction of sp³-hybridized carbons (Fsp3) is 0.0192. The number of furan rings is 1. The van der Waals surface area contributed by atoms with Crippen molar-refractivity contribution in [2.24, 2.45) is 0 Å². The lowest BCUT2D eigenvalue weighted by molar-refractivity contribution is 0.672. The second kappa shape index (κ2) is 12.4. The van der Waals surface area contributed by atoms with Crippen molar-refractivity contribution in [2.75, 3.05) is 4.90 Å². The van der Waals surface area contributed by atoms with Crippen LogP contribution < -0.4 is 4.90 Å². The first-order valence-corrected chi connectivity index (χ1v) is 18.8. The highest BCUT2D eigenvalue weighted by Crippen LogP contribution is 2.57. The standard InChI is InChI=1S/C52H34N2O/c1-4-14-35(15-5-1)36-24-27-40(28-25-36)54(48-32-33-53-49-44-30-26-37-16-10-11-21-42(37)50(44)55-51(48)49)41-29-31-47-45(34-41)43-22-12-13-23-46(43)52(47,38-17-6-2-7-18-38)39-19-8-3-9-20-39/h1-34H. The Bertz CT molecular complexity index is 2980. The number of aromatic nitrogens is 1. The highest BCUT2D eigenvalue weighted by molar-refractivity contribution is 6.16. The Kier molecular flexibility index (Phi) is 7.08. The number of hydrogen-bond donors (Lipinski definition) is 0. The monoisotopic (exact) mass is 702 g/mol. The van der Waals surface area contributed by atoms with Gasteiger partial charge in [-0.1, -0.05) is 164 Å². The largest absolute Gasteiger partial charge is 0.451 e. The number of benzene rings is 8. The van der Waals surface area contributed by atoms with Crippen molar-refractivity contribution >= 4 is 49.9 Å². The Morgan fingerprint density at radius 3 is 1.82 bits per heavy atom. The van der Waals surface area contributed by atoms with Crippen molar-refractivity contribution in [1.82, 2.24) is 4.98 Å². The van der Waals surface area contributed by atoms with E-state index in [1.807, 2.05) is 6.20 Å². The van der Waals surface area contributed by atoms with Crippen molar-refractivity contribution in [3.63, 3.8) is 0 Å². The van der Waals surface area contributed by atoms with E-state index in [0.717, 1.165) is 55.5 Å². The second-order valence-electron chi connectivity index (χ2n) is 14.3. The van der Waals surface area contributed by atoms with Gasteiger partial charge in [0.25, 0.3) is 0 Å². The van der Waals surface area contributed by atoms with Gasteiger partial charge in [-0.05, 0) is 86.3 Å². The van der Waals surface area contributed by atoms with E-state index in [9.17, 15) is 0 Å². The van der Waals surface area contributed by atoms with Crippen molar-refractivity contribution in [1.29, 1.82) is 0 Å². The van der Waals surface area contributed by atoms with Crippen LogP contribution in [0.15, 0.2) is 211 Å². The van der Waals surface area contributed by atoms with Crippen LogP contribution in [0.3, 0.4) is 0 Å². The SMILES string of the molecule is c1ccc(-c2ccc(N(c3ccc4c(c3)-c3ccccc3C4(c3ccccc3)c3ccccc3)c3ccnc4c3oc3c5ccccc5ccc43)cc2)cc1. The summed E-state index contributed by atoms with van der Waals surface area (Å²) in [6.07, 6.45) is 1.91. The molecule has 0 unspecified atom stereocenters. The number of fused-ring (bicyclic) bond motifs is 8. The van der Waals surface area contributed by atoms with Crippen molar-refractivity contribution in [3.8, 4) is 22.3 Å². The fourth-order valence-corrected chi connectivity index (χ4v) is 8.99. The van der Waals surface area contributed by atoms with Crippen molar-refractivity contribution in [3.05, 3.63) is 229 Å². The molecular weight excluding hydrogens is 669 g/mol. The molecule has 0 bridgehead atoms. The summed E-state index contributed by atoms with van der Waals surface area (Å²) in [6, 6.07) is 72.0. The van der Waals surface area contributed by atoms with Gasteiger partial charge in [0, 0.05) is 28.3 Å². The Balaban J connectivity index is 1.17. The van der Waals surface area contributed by atoms with Gasteiger partial charge in [-0.15, -0.1) is 0 Å². The number of pyridine rings is 1. The normalized spacial score (nSPS) is 12.9. The van der Waals surface area contributed by atoms with Crippen LogP contribution in [0.1, 0.15) is 22.3 Å². The predicted molar refractivity (Wildman–Crippen MR) is 226 cm³/mol. The third-order valence-electron chi connectivity index (χ3n) is 11.4. The molecule has 8 aromatic carbocycles. The predicted octanol–water partition coefficient (Wildman–Crippen LogP) is 13.6. The highest BCUT2D eigenvalue weighted by atomic mass is 16.3. The Labute approximate surface area is 319 Å². The van der Waals surface area contributed by atoms with E-state index >= 15 is 0 Å². The van der Waals surface area contributed by atoms with E-state index in [0.29, 0.717) is 0 Å². The number of anilines is 3. The molecule has 1 aliphatic rings. The molecule has 0 radical (unpaired) electrons. The molecule has 11 rings (SSSR count). The van der Waals surface area contributed by atoms with Crippen LogP contribution in [0.25, 0.3) is 55.1 Å². The van der Waals surface area contributed by atoms with E-state index in [2.05, 4.69) is 205 Å². The first-order valence-electron chi connectivity index (χ1n) is 18.8. The molecule has 1 aliphatic carbocycles. The molecule has 0 N–H and O–H groups in total. The average Bonchev–Trinajstić information content (AvgIpc) is 3.80. The molecular formula is C52H34N2O. The number of rotatable bonds is 6. The summed E-state index contributed by atoms with van der Waals surface area (Å²) >= 11 is 0. The maximum atomic E-state index is 6.91. The maximum Gasteiger partial charge on any atom is 0.177 e. The molecule has 0 saturated heterocycles. The first kappa shape index (κ1) is 31.3. The van der Waals surface area contributed by atoms with E-state index < -0.39 is 5.41 Å². The minimum absolute atomic E-state index is 0.473. The summed E-state index contributed by atoms with van der Waals surface area (Å²) in [5.74, 6) is 0. The lowest BCUT2D eigenvalue weighted by Gasteiger charge is -2.34. The van der Waals surface area contributed by atoms with Gasteiger partial charge in [-0.2, -0.15) is 0 Å². The van der Waals surface area contributed by atoms with E-state index in [4.69, 9.17) is 9.40 Å². The molecule has 0 amide bonds. The van der Waals surface area contributed by atoms with Crippen LogP contribution in [-0.4, -0.2) is 4.98 Å². The Hall–Kier alpha value is -7.23. The molecule has 0 saturated carbocycles. The zero-order chi connectivity index (χ0) is 36.3. The summed E-state index contributed by atoms with van der Waals surface area (Å²) in [5, 5.41) is 3.23.